The van der Waals surface area contributed by atoms with Gasteiger partial charge in [-0.15, -0.1) is 0 Å². The van der Waals surface area contributed by atoms with Crippen LogP contribution < -0.4 is 10.6 Å². The molecule has 0 radical (unpaired) electrons. The van der Waals surface area contributed by atoms with Gasteiger partial charge in [0.05, 0.1) is 5.56 Å². The molecule has 20 heavy (non-hydrogen) atoms. The van der Waals surface area contributed by atoms with Crippen molar-refractivity contribution in [2.24, 2.45) is 0 Å². The number of carbonyl (C=O) groups excluding carboxylic acids is 1. The third kappa shape index (κ3) is 4.12. The van der Waals surface area contributed by atoms with Gasteiger partial charge in [0.25, 0.3) is 0 Å². The minimum Gasteiger partial charge on any atom is -0.445 e. The zero-order chi connectivity index (χ0) is 14.6. The zero-order valence-electron chi connectivity index (χ0n) is 10.7. The first kappa shape index (κ1) is 14.6. The summed E-state index contributed by atoms with van der Waals surface area (Å²) in [4.78, 5) is 11.6. The summed E-state index contributed by atoms with van der Waals surface area (Å²) in [5, 5.41) is 5.51. The van der Waals surface area contributed by atoms with Crippen LogP contribution in [0.3, 0.4) is 0 Å². The van der Waals surface area contributed by atoms with Crippen molar-refractivity contribution in [3.63, 3.8) is 0 Å². The number of nitrogens with one attached hydrogen (secondary N) is 2. The smallest absolute Gasteiger partial charge is 0.416 e. The maximum atomic E-state index is 12.4. The highest BCUT2D eigenvalue weighted by Crippen LogP contribution is 2.29. The van der Waals surface area contributed by atoms with Gasteiger partial charge in [-0.1, -0.05) is 0 Å². The van der Waals surface area contributed by atoms with E-state index in [1.54, 1.807) is 0 Å². The second-order valence-corrected chi connectivity index (χ2v) is 4.57. The van der Waals surface area contributed by atoms with E-state index in [4.69, 9.17) is 4.74 Å². The summed E-state index contributed by atoms with van der Waals surface area (Å²) in [5.74, 6) is 0. The maximum absolute atomic E-state index is 12.4. The topological polar surface area (TPSA) is 50.4 Å². The number of halogens is 3. The third-order valence-electron chi connectivity index (χ3n) is 2.98. The molecular weight excluding hydrogens is 273 g/mol. The minimum atomic E-state index is -4.38. The van der Waals surface area contributed by atoms with Crippen molar-refractivity contribution in [1.29, 1.82) is 0 Å². The predicted molar refractivity (Wildman–Crippen MR) is 67.4 cm³/mol. The number of hydrogen-bond acceptors (Lipinski definition) is 3. The molecule has 1 heterocycles. The first-order chi connectivity index (χ1) is 9.45. The third-order valence-corrected chi connectivity index (χ3v) is 2.98. The SMILES string of the molecule is O=C(Nc1ccc(C(F)(F)F)cc1)O[C@H]1CCCNC1. The summed E-state index contributed by atoms with van der Waals surface area (Å²) in [6.07, 6.45) is -3.52. The lowest BCUT2D eigenvalue weighted by molar-refractivity contribution is -0.137. The second-order valence-electron chi connectivity index (χ2n) is 4.57. The molecule has 2 N–H and O–H groups in total. The number of rotatable bonds is 2. The van der Waals surface area contributed by atoms with Gasteiger partial charge in [0.1, 0.15) is 6.10 Å². The normalized spacial score (nSPS) is 19.4. The average Bonchev–Trinajstić information content (AvgIpc) is 2.39. The summed E-state index contributed by atoms with van der Waals surface area (Å²) in [6.45, 7) is 1.50. The summed E-state index contributed by atoms with van der Waals surface area (Å²) < 4.78 is 42.3. The summed E-state index contributed by atoms with van der Waals surface area (Å²) in [6, 6.07) is 4.22. The molecule has 1 atom stereocenters. The Kier molecular flexibility index (Phi) is 4.49. The lowest BCUT2D eigenvalue weighted by Crippen LogP contribution is -2.37. The maximum Gasteiger partial charge on any atom is 0.416 e. The first-order valence-electron chi connectivity index (χ1n) is 6.31. The number of ether oxygens (including phenoxy) is 1. The van der Waals surface area contributed by atoms with Crippen LogP contribution in [0.1, 0.15) is 18.4 Å². The van der Waals surface area contributed by atoms with E-state index in [0.29, 0.717) is 6.54 Å². The van der Waals surface area contributed by atoms with Crippen LogP contribution in [-0.2, 0) is 10.9 Å². The van der Waals surface area contributed by atoms with Crippen LogP contribution >= 0.6 is 0 Å². The number of anilines is 1. The molecule has 1 aliphatic rings. The first-order valence-corrected chi connectivity index (χ1v) is 6.31. The Morgan fingerprint density at radius 3 is 2.55 bits per heavy atom. The van der Waals surface area contributed by atoms with Crippen LogP contribution in [0.15, 0.2) is 24.3 Å². The molecule has 2 rings (SSSR count). The Labute approximate surface area is 114 Å². The van der Waals surface area contributed by atoms with Crippen LogP contribution in [0.4, 0.5) is 23.7 Å². The highest BCUT2D eigenvalue weighted by atomic mass is 19.4. The van der Waals surface area contributed by atoms with Gasteiger partial charge in [-0.25, -0.2) is 4.79 Å². The molecule has 0 spiro atoms. The van der Waals surface area contributed by atoms with Gasteiger partial charge < -0.3 is 10.1 Å². The van der Waals surface area contributed by atoms with Crippen molar-refractivity contribution in [2.75, 3.05) is 18.4 Å². The van der Waals surface area contributed by atoms with E-state index in [0.717, 1.165) is 31.5 Å². The second kappa shape index (κ2) is 6.13. The molecule has 1 fully saturated rings. The highest BCUT2D eigenvalue weighted by Gasteiger charge is 2.30. The molecule has 1 amide bonds. The molecule has 4 nitrogen and oxygen atoms in total. The van der Waals surface area contributed by atoms with Crippen molar-refractivity contribution in [3.05, 3.63) is 29.8 Å². The predicted octanol–water partition coefficient (Wildman–Crippen LogP) is 3.01. The number of amides is 1. The van der Waals surface area contributed by atoms with Crippen molar-refractivity contribution in [2.45, 2.75) is 25.1 Å². The fourth-order valence-electron chi connectivity index (χ4n) is 1.96. The van der Waals surface area contributed by atoms with Gasteiger partial charge in [-0.2, -0.15) is 13.2 Å². The van der Waals surface area contributed by atoms with Crippen molar-refractivity contribution in [3.8, 4) is 0 Å². The lowest BCUT2D eigenvalue weighted by Gasteiger charge is -2.22. The van der Waals surface area contributed by atoms with Gasteiger partial charge in [0.15, 0.2) is 0 Å². The van der Waals surface area contributed by atoms with Crippen LogP contribution in [0.25, 0.3) is 0 Å². The van der Waals surface area contributed by atoms with E-state index in [9.17, 15) is 18.0 Å². The van der Waals surface area contributed by atoms with E-state index < -0.39 is 17.8 Å². The fourth-order valence-corrected chi connectivity index (χ4v) is 1.96. The Morgan fingerprint density at radius 1 is 1.30 bits per heavy atom. The Bertz CT molecular complexity index is 454. The van der Waals surface area contributed by atoms with Crippen molar-refractivity contribution in [1.82, 2.24) is 5.32 Å². The molecule has 0 unspecified atom stereocenters. The van der Waals surface area contributed by atoms with Gasteiger partial charge in [0, 0.05) is 12.2 Å². The Morgan fingerprint density at radius 2 is 2.00 bits per heavy atom. The van der Waals surface area contributed by atoms with Crippen molar-refractivity contribution < 1.29 is 22.7 Å². The molecule has 0 bridgehead atoms. The molecule has 1 aromatic rings. The summed E-state index contributed by atoms with van der Waals surface area (Å²) in [5.41, 5.74) is -0.486. The molecule has 0 saturated carbocycles. The number of hydrogen-bond donors (Lipinski definition) is 2. The number of carbonyl (C=O) groups is 1. The molecule has 1 aromatic carbocycles. The quantitative estimate of drug-likeness (QED) is 0.879. The Balaban J connectivity index is 1.87. The van der Waals surface area contributed by atoms with E-state index in [2.05, 4.69) is 10.6 Å². The minimum absolute atomic E-state index is 0.196. The van der Waals surface area contributed by atoms with Crippen molar-refractivity contribution >= 4 is 11.8 Å². The zero-order valence-corrected chi connectivity index (χ0v) is 10.7. The fraction of sp³-hybridized carbons (Fsp3) is 0.462. The van der Waals surface area contributed by atoms with E-state index in [-0.39, 0.29) is 11.8 Å². The van der Waals surface area contributed by atoms with E-state index in [1.165, 1.54) is 12.1 Å². The number of alkyl halides is 3. The van der Waals surface area contributed by atoms with Gasteiger partial charge in [-0.05, 0) is 43.7 Å². The monoisotopic (exact) mass is 288 g/mol. The summed E-state index contributed by atoms with van der Waals surface area (Å²) in [7, 11) is 0. The van der Waals surface area contributed by atoms with Crippen LogP contribution in [0, 0.1) is 0 Å². The van der Waals surface area contributed by atoms with Crippen LogP contribution in [0.5, 0.6) is 0 Å². The van der Waals surface area contributed by atoms with Crippen LogP contribution in [0.2, 0.25) is 0 Å². The Hall–Kier alpha value is -1.76. The standard InChI is InChI=1S/C13H15F3N2O2/c14-13(15,16)9-3-5-10(6-4-9)18-12(19)20-11-2-1-7-17-8-11/h3-6,11,17H,1-2,7-8H2,(H,18,19)/t11-/m0/s1. The molecule has 0 aromatic heterocycles. The molecule has 110 valence electrons. The van der Waals surface area contributed by atoms with E-state index in [1.807, 2.05) is 0 Å². The van der Waals surface area contributed by atoms with Gasteiger partial charge >= 0.3 is 12.3 Å². The van der Waals surface area contributed by atoms with Crippen LogP contribution in [-0.4, -0.2) is 25.3 Å². The molecule has 7 heteroatoms. The lowest BCUT2D eigenvalue weighted by atomic mass is 10.1. The largest absolute Gasteiger partial charge is 0.445 e. The number of piperidine rings is 1. The van der Waals surface area contributed by atoms with Gasteiger partial charge in [-0.3, -0.25) is 5.32 Å². The highest BCUT2D eigenvalue weighted by molar-refractivity contribution is 5.84. The molecular formula is C13H15F3N2O2. The molecule has 1 saturated heterocycles. The molecule has 0 aliphatic carbocycles. The van der Waals surface area contributed by atoms with E-state index >= 15 is 0 Å². The molecule has 1 aliphatic heterocycles. The van der Waals surface area contributed by atoms with Gasteiger partial charge in [0.2, 0.25) is 0 Å². The summed E-state index contributed by atoms with van der Waals surface area (Å²) >= 11 is 0. The number of benzene rings is 1. The average molecular weight is 288 g/mol.